The molecule has 1 spiro atoms. The number of nitrogens with zero attached hydrogens (tertiary/aromatic N) is 3. The van der Waals surface area contributed by atoms with E-state index in [0.29, 0.717) is 17.4 Å². The Balaban J connectivity index is 1.09. The third-order valence-electron chi connectivity index (χ3n) is 8.33. The quantitative estimate of drug-likeness (QED) is 0.782. The van der Waals surface area contributed by atoms with Gasteiger partial charge in [0.2, 0.25) is 0 Å². The smallest absolute Gasteiger partial charge is 0.254 e. The number of halogens is 1. The fourth-order valence-electron chi connectivity index (χ4n) is 6.13. The molecular formula is C25H31ClN4O. The van der Waals surface area contributed by atoms with Gasteiger partial charge in [-0.25, -0.2) is 4.98 Å². The van der Waals surface area contributed by atoms with Crippen LogP contribution in [0.4, 0.5) is 5.69 Å². The summed E-state index contributed by atoms with van der Waals surface area (Å²) in [5.41, 5.74) is 3.94. The van der Waals surface area contributed by atoms with Gasteiger partial charge >= 0.3 is 0 Å². The summed E-state index contributed by atoms with van der Waals surface area (Å²) in [4.78, 5) is 26.1. The van der Waals surface area contributed by atoms with Crippen molar-refractivity contribution in [1.82, 2.24) is 14.9 Å². The highest BCUT2D eigenvalue weighted by molar-refractivity contribution is 6.30. The van der Waals surface area contributed by atoms with Crippen LogP contribution in [0.2, 0.25) is 5.02 Å². The molecule has 0 bridgehead atoms. The Kier molecular flexibility index (Phi) is 4.87. The molecule has 2 saturated carbocycles. The lowest BCUT2D eigenvalue weighted by atomic mass is 9.84. The first kappa shape index (κ1) is 19.8. The van der Waals surface area contributed by atoms with E-state index >= 15 is 0 Å². The van der Waals surface area contributed by atoms with Crippen LogP contribution in [0.5, 0.6) is 0 Å². The molecule has 31 heavy (non-hydrogen) atoms. The maximum absolute atomic E-state index is 12.8. The Hall–Kier alpha value is -1.85. The lowest BCUT2D eigenvalue weighted by Crippen LogP contribution is -2.49. The molecule has 1 aliphatic heterocycles. The number of hydrogen-bond donors (Lipinski definition) is 1. The number of aryl methyl sites for hydroxylation is 1. The van der Waals surface area contributed by atoms with Gasteiger partial charge in [-0.2, -0.15) is 0 Å². The number of rotatable bonds is 3. The highest BCUT2D eigenvalue weighted by Crippen LogP contribution is 2.54. The predicted molar refractivity (Wildman–Crippen MR) is 124 cm³/mol. The Morgan fingerprint density at radius 1 is 1.03 bits per heavy atom. The van der Waals surface area contributed by atoms with Crippen molar-refractivity contribution >= 4 is 17.3 Å². The second-order valence-electron chi connectivity index (χ2n) is 10.2. The Morgan fingerprint density at radius 2 is 1.81 bits per heavy atom. The molecule has 1 aromatic heterocycles. The summed E-state index contributed by atoms with van der Waals surface area (Å²) in [7, 11) is 0. The third-order valence-corrected chi connectivity index (χ3v) is 8.59. The Morgan fingerprint density at radius 3 is 2.55 bits per heavy atom. The average Bonchev–Trinajstić information content (AvgIpc) is 3.35. The maximum atomic E-state index is 12.8. The van der Waals surface area contributed by atoms with Crippen molar-refractivity contribution in [2.24, 2.45) is 5.41 Å². The van der Waals surface area contributed by atoms with Crippen LogP contribution < -0.4 is 10.5 Å². The van der Waals surface area contributed by atoms with Crippen LogP contribution in [0.25, 0.3) is 0 Å². The molecule has 0 radical (unpaired) electrons. The molecule has 1 saturated heterocycles. The number of piperazine rings is 1. The maximum Gasteiger partial charge on any atom is 0.254 e. The number of fused-ring (bicyclic) bond motifs is 1. The number of hydrogen-bond acceptors (Lipinski definition) is 4. The monoisotopic (exact) mass is 438 g/mol. The van der Waals surface area contributed by atoms with E-state index < -0.39 is 0 Å². The number of benzene rings is 1. The minimum Gasteiger partial charge on any atom is -0.369 e. The molecule has 4 aliphatic rings. The van der Waals surface area contributed by atoms with Crippen LogP contribution in [0.1, 0.15) is 61.5 Å². The number of anilines is 1. The molecule has 2 heterocycles. The van der Waals surface area contributed by atoms with Gasteiger partial charge in [-0.05, 0) is 81.0 Å². The second-order valence-corrected chi connectivity index (χ2v) is 10.7. The van der Waals surface area contributed by atoms with Crippen molar-refractivity contribution in [3.05, 3.63) is 56.7 Å². The van der Waals surface area contributed by atoms with Crippen LogP contribution >= 0.6 is 11.6 Å². The SMILES string of the molecule is O=c1[nH]c([C@@H]2CC[C@H](N3CCN(c4ccc(Cl)cc4)CC3)C2)nc2c1CC1(CC2)CC1. The van der Waals surface area contributed by atoms with Gasteiger partial charge in [0.25, 0.3) is 5.56 Å². The number of nitrogens with one attached hydrogen (secondary N) is 1. The van der Waals surface area contributed by atoms with Crippen molar-refractivity contribution in [3.63, 3.8) is 0 Å². The van der Waals surface area contributed by atoms with Gasteiger partial charge in [0.05, 0.1) is 5.69 Å². The van der Waals surface area contributed by atoms with E-state index in [1.165, 1.54) is 31.4 Å². The van der Waals surface area contributed by atoms with Crippen molar-refractivity contribution in [2.45, 2.75) is 63.3 Å². The third kappa shape index (κ3) is 3.80. The number of aromatic nitrogens is 2. The van der Waals surface area contributed by atoms with Crippen LogP contribution in [0.3, 0.4) is 0 Å². The highest BCUT2D eigenvalue weighted by atomic mass is 35.5. The molecular weight excluding hydrogens is 408 g/mol. The van der Waals surface area contributed by atoms with Gasteiger partial charge in [-0.15, -0.1) is 0 Å². The van der Waals surface area contributed by atoms with E-state index in [1.807, 2.05) is 12.1 Å². The molecule has 2 atom stereocenters. The first-order valence-corrected chi connectivity index (χ1v) is 12.3. The van der Waals surface area contributed by atoms with Crippen molar-refractivity contribution in [2.75, 3.05) is 31.1 Å². The van der Waals surface area contributed by atoms with Gasteiger partial charge < -0.3 is 9.88 Å². The minimum atomic E-state index is 0.144. The molecule has 164 valence electrons. The van der Waals surface area contributed by atoms with Crippen molar-refractivity contribution < 1.29 is 0 Å². The molecule has 0 amide bonds. The fourth-order valence-corrected chi connectivity index (χ4v) is 6.26. The molecule has 0 unspecified atom stereocenters. The van der Waals surface area contributed by atoms with Crippen molar-refractivity contribution in [3.8, 4) is 0 Å². The molecule has 2 aromatic rings. The van der Waals surface area contributed by atoms with Crippen molar-refractivity contribution in [1.29, 1.82) is 0 Å². The summed E-state index contributed by atoms with van der Waals surface area (Å²) in [6, 6.07) is 8.79. The summed E-state index contributed by atoms with van der Waals surface area (Å²) < 4.78 is 0. The van der Waals surface area contributed by atoms with E-state index in [4.69, 9.17) is 16.6 Å². The summed E-state index contributed by atoms with van der Waals surface area (Å²) in [5, 5.41) is 0.792. The lowest BCUT2D eigenvalue weighted by molar-refractivity contribution is 0.186. The number of H-pyrrole nitrogens is 1. The van der Waals surface area contributed by atoms with E-state index in [2.05, 4.69) is 26.9 Å². The molecule has 1 aromatic carbocycles. The van der Waals surface area contributed by atoms with Crippen LogP contribution in [0, 0.1) is 5.41 Å². The topological polar surface area (TPSA) is 52.2 Å². The van der Waals surface area contributed by atoms with Crippen LogP contribution in [0.15, 0.2) is 29.1 Å². The van der Waals surface area contributed by atoms with E-state index in [-0.39, 0.29) is 5.56 Å². The van der Waals surface area contributed by atoms with Gasteiger partial charge in [-0.1, -0.05) is 11.6 Å². The Labute approximate surface area is 188 Å². The largest absolute Gasteiger partial charge is 0.369 e. The predicted octanol–water partition coefficient (Wildman–Crippen LogP) is 4.15. The highest BCUT2D eigenvalue weighted by Gasteiger charge is 2.46. The van der Waals surface area contributed by atoms with E-state index in [0.717, 1.165) is 74.0 Å². The first-order chi connectivity index (χ1) is 15.1. The molecule has 3 aliphatic carbocycles. The van der Waals surface area contributed by atoms with Gasteiger partial charge in [-0.3, -0.25) is 9.69 Å². The summed E-state index contributed by atoms with van der Waals surface area (Å²) >= 11 is 6.03. The van der Waals surface area contributed by atoms with Gasteiger partial charge in [0.1, 0.15) is 5.82 Å². The molecule has 1 N–H and O–H groups in total. The summed E-state index contributed by atoms with van der Waals surface area (Å²) in [6.45, 7) is 4.30. The zero-order valence-electron chi connectivity index (χ0n) is 18.1. The molecule has 5 nitrogen and oxygen atoms in total. The molecule has 3 fully saturated rings. The first-order valence-electron chi connectivity index (χ1n) is 12.0. The average molecular weight is 439 g/mol. The Bertz CT molecular complexity index is 1020. The van der Waals surface area contributed by atoms with Gasteiger partial charge in [0, 0.05) is 54.4 Å². The fraction of sp³-hybridized carbons (Fsp3) is 0.600. The second kappa shape index (κ2) is 7.63. The lowest BCUT2D eigenvalue weighted by Gasteiger charge is -2.39. The van der Waals surface area contributed by atoms with E-state index in [1.54, 1.807) is 0 Å². The van der Waals surface area contributed by atoms with Crippen LogP contribution in [-0.4, -0.2) is 47.1 Å². The normalized spacial score (nSPS) is 27.5. The summed E-state index contributed by atoms with van der Waals surface area (Å²) in [5.74, 6) is 1.35. The summed E-state index contributed by atoms with van der Waals surface area (Å²) in [6.07, 6.45) is 9.22. The zero-order valence-corrected chi connectivity index (χ0v) is 18.8. The van der Waals surface area contributed by atoms with Gasteiger partial charge in [0.15, 0.2) is 0 Å². The van der Waals surface area contributed by atoms with E-state index in [9.17, 15) is 4.79 Å². The number of aromatic amines is 1. The van der Waals surface area contributed by atoms with Crippen LogP contribution in [-0.2, 0) is 12.8 Å². The zero-order chi connectivity index (χ0) is 21.0. The molecule has 6 rings (SSSR count). The minimum absolute atomic E-state index is 0.144. The standard InChI is InChI=1S/C25H31ClN4O/c26-18-2-5-19(6-3-18)29-11-13-30(14-12-29)20-4-1-17(15-20)23-27-22-7-8-25(9-10-25)16-21(22)24(31)28-23/h2-3,5-6,17,20H,1,4,7-16H2,(H,27,28,31)/t17-,20+/m1/s1. The molecule has 6 heteroatoms.